The molecule has 5 rings (SSSR count). The lowest BCUT2D eigenvalue weighted by atomic mass is 9.77. The van der Waals surface area contributed by atoms with Crippen molar-refractivity contribution in [1.82, 2.24) is 10.2 Å². The number of anilines is 1. The average molecular weight is 777 g/mol. The molecule has 1 N–H and O–H groups in total. The van der Waals surface area contributed by atoms with Crippen LogP contribution < -0.4 is 15.0 Å². The van der Waals surface area contributed by atoms with Crippen LogP contribution >= 0.6 is 0 Å². The van der Waals surface area contributed by atoms with Crippen molar-refractivity contribution in [2.24, 2.45) is 5.41 Å². The zero-order valence-corrected chi connectivity index (χ0v) is 33.2. The van der Waals surface area contributed by atoms with Gasteiger partial charge in [0.1, 0.15) is 19.0 Å². The number of fused-ring (bicyclic) bond motifs is 1. The van der Waals surface area contributed by atoms with E-state index in [4.69, 9.17) is 23.7 Å². The van der Waals surface area contributed by atoms with Crippen LogP contribution in [0.25, 0.3) is 0 Å². The zero-order chi connectivity index (χ0) is 40.1. The topological polar surface area (TPSA) is 151 Å². The number of ether oxygens (including phenoxy) is 5. The van der Waals surface area contributed by atoms with Crippen molar-refractivity contribution in [3.05, 3.63) is 105 Å². The van der Waals surface area contributed by atoms with Crippen LogP contribution in [0.1, 0.15) is 71.6 Å². The highest BCUT2D eigenvalue weighted by Gasteiger charge is 2.39. The van der Waals surface area contributed by atoms with Crippen LogP contribution in [0.5, 0.6) is 5.75 Å². The van der Waals surface area contributed by atoms with Gasteiger partial charge in [-0.2, -0.15) is 0 Å². The lowest BCUT2D eigenvalue weighted by Gasteiger charge is -2.40. The molecule has 14 heteroatoms. The quantitative estimate of drug-likeness (QED) is 0.0872. The van der Waals surface area contributed by atoms with Gasteiger partial charge >= 0.3 is 0 Å². The molecular weight excluding hydrogens is 720 g/mol. The molecule has 1 fully saturated rings. The lowest BCUT2D eigenvalue weighted by molar-refractivity contribution is -0.763. The number of rotatable bonds is 20. The van der Waals surface area contributed by atoms with Crippen molar-refractivity contribution in [1.29, 1.82) is 0 Å². The average Bonchev–Trinajstić information content (AvgIpc) is 3.20. The van der Waals surface area contributed by atoms with Gasteiger partial charge in [0.2, 0.25) is 5.91 Å². The number of carbonyl (C=O) groups is 2. The predicted octanol–water partition coefficient (Wildman–Crippen LogP) is 5.54. The zero-order valence-electron chi connectivity index (χ0n) is 33.2. The first kappa shape index (κ1) is 42.5. The Morgan fingerprint density at radius 3 is 2.36 bits per heavy atom. The first-order chi connectivity index (χ1) is 27.0. The first-order valence-electron chi connectivity index (χ1n) is 19.2. The fourth-order valence-electron chi connectivity index (χ4n) is 7.40. The van der Waals surface area contributed by atoms with Crippen molar-refractivity contribution in [3.8, 4) is 5.75 Å². The third kappa shape index (κ3) is 11.7. The van der Waals surface area contributed by atoms with Gasteiger partial charge in [-0.25, -0.2) is 0 Å². The minimum Gasteiger partial charge on any atom is -0.490 e. The molecule has 2 aliphatic heterocycles. The van der Waals surface area contributed by atoms with Crippen molar-refractivity contribution in [2.75, 3.05) is 72.2 Å². The minimum atomic E-state index is -0.871. The summed E-state index contributed by atoms with van der Waals surface area (Å²) in [4.78, 5) is 45.7. The number of imide groups is 1. The number of methoxy groups -OCH3 is 2. The molecule has 0 aromatic heterocycles. The van der Waals surface area contributed by atoms with Gasteiger partial charge in [0.15, 0.2) is 0 Å². The fraction of sp³-hybridized carbons (Fsp3) is 0.524. The van der Waals surface area contributed by atoms with E-state index in [1.807, 2.05) is 19.9 Å². The monoisotopic (exact) mass is 776 g/mol. The molecule has 3 aromatic rings. The third-order valence-corrected chi connectivity index (χ3v) is 10.4. The molecule has 3 atom stereocenters. The van der Waals surface area contributed by atoms with E-state index >= 15 is 0 Å². The molecule has 0 saturated carbocycles. The van der Waals surface area contributed by atoms with E-state index in [1.54, 1.807) is 38.5 Å². The van der Waals surface area contributed by atoms with E-state index in [0.717, 1.165) is 59.0 Å². The Balaban J connectivity index is 1.27. The summed E-state index contributed by atoms with van der Waals surface area (Å²) in [5.41, 5.74) is 4.32. The summed E-state index contributed by atoms with van der Waals surface area (Å²) >= 11 is 0. The second kappa shape index (κ2) is 20.5. The van der Waals surface area contributed by atoms with Gasteiger partial charge in [0.25, 0.3) is 11.0 Å². The molecule has 2 aliphatic rings. The van der Waals surface area contributed by atoms with Crippen molar-refractivity contribution in [3.63, 3.8) is 0 Å². The second-order valence-corrected chi connectivity index (χ2v) is 15.0. The van der Waals surface area contributed by atoms with E-state index in [0.29, 0.717) is 63.7 Å². The number of amides is 2. The Morgan fingerprint density at radius 2 is 1.64 bits per heavy atom. The van der Waals surface area contributed by atoms with E-state index in [9.17, 15) is 19.7 Å². The van der Waals surface area contributed by atoms with E-state index in [2.05, 4.69) is 51.5 Å². The highest BCUT2D eigenvalue weighted by molar-refractivity contribution is 6.05. The molecule has 1 saturated heterocycles. The Morgan fingerprint density at radius 1 is 0.946 bits per heavy atom. The van der Waals surface area contributed by atoms with Crippen LogP contribution in [0, 0.1) is 15.5 Å². The maximum atomic E-state index is 13.9. The first-order valence-corrected chi connectivity index (χ1v) is 19.2. The van der Waals surface area contributed by atoms with Crippen LogP contribution in [-0.2, 0) is 48.4 Å². The Labute approximate surface area is 329 Å². The maximum absolute atomic E-state index is 13.9. The van der Waals surface area contributed by atoms with Crippen LogP contribution in [-0.4, -0.2) is 101 Å². The highest BCUT2D eigenvalue weighted by atomic mass is 16.9. The molecule has 14 nitrogen and oxygen atoms in total. The number of carbonyl (C=O) groups excluding carboxylic acids is 2. The third-order valence-electron chi connectivity index (χ3n) is 10.4. The molecule has 56 heavy (non-hydrogen) atoms. The summed E-state index contributed by atoms with van der Waals surface area (Å²) in [5, 5.41) is 13.3. The summed E-state index contributed by atoms with van der Waals surface area (Å²) in [5.74, 6) is 0.169. The number of piperidine rings is 1. The van der Waals surface area contributed by atoms with Gasteiger partial charge in [-0.05, 0) is 65.8 Å². The number of hydrogen-bond donors (Lipinski definition) is 1. The molecule has 0 spiro atoms. The van der Waals surface area contributed by atoms with E-state index in [-0.39, 0.29) is 30.6 Å². The van der Waals surface area contributed by atoms with Gasteiger partial charge in [0.05, 0.1) is 44.8 Å². The SMILES string of the molecule is COCCCN1CCOc2ccc(CO[C@H]3CN[C@@H](CC(C)(C)C(=O)N(C)C(=O)c4ccc(CO[N+](=O)[O-])cc4)C[C@@H]3c3ccc(COCCOC)cc3)cc21. The lowest BCUT2D eigenvalue weighted by Crippen LogP contribution is -2.51. The summed E-state index contributed by atoms with van der Waals surface area (Å²) < 4.78 is 28.8. The fourth-order valence-corrected chi connectivity index (χ4v) is 7.40. The van der Waals surface area contributed by atoms with Gasteiger partial charge in [-0.1, -0.05) is 56.3 Å². The van der Waals surface area contributed by atoms with Crippen LogP contribution in [0.15, 0.2) is 66.7 Å². The number of benzene rings is 3. The molecule has 0 radical (unpaired) electrons. The second-order valence-electron chi connectivity index (χ2n) is 15.0. The number of nitrogens with one attached hydrogen (secondary N) is 1. The summed E-state index contributed by atoms with van der Waals surface area (Å²) in [6, 6.07) is 20.9. The minimum absolute atomic E-state index is 0.0261. The van der Waals surface area contributed by atoms with Crippen LogP contribution in [0.2, 0.25) is 0 Å². The number of nitrogens with zero attached hydrogens (tertiary/aromatic N) is 3. The number of hydrogen-bond acceptors (Lipinski definition) is 12. The Hall–Kier alpha value is -4.60. The summed E-state index contributed by atoms with van der Waals surface area (Å²) in [6.07, 6.45) is 2.02. The Bertz CT molecular complexity index is 1740. The molecule has 2 heterocycles. The van der Waals surface area contributed by atoms with E-state index in [1.165, 1.54) is 7.05 Å². The molecule has 0 bridgehead atoms. The molecular formula is C42H56N4O10. The van der Waals surface area contributed by atoms with Gasteiger partial charge in [-0.15, -0.1) is 10.1 Å². The van der Waals surface area contributed by atoms with Crippen LogP contribution in [0.3, 0.4) is 0 Å². The van der Waals surface area contributed by atoms with Crippen molar-refractivity contribution < 1.29 is 43.2 Å². The standard InChI is InChI=1S/C42H56N4O10/c1-42(2,41(48)44(3)40(47)34-14-9-31(10-15-34)29-56-46(49)50)25-35-24-36(33-12-7-30(8-13-33)27-53-22-21-52-5)39(26-43-35)55-28-32-11-16-38-37(23-32)45(18-20-54-38)17-6-19-51-4/h7-16,23,35-36,39,43H,6,17-22,24-29H2,1-5H3/t35-,36-,39+/m1/s1. The summed E-state index contributed by atoms with van der Waals surface area (Å²) in [6.45, 7) is 9.14. The van der Waals surface area contributed by atoms with Crippen molar-refractivity contribution in [2.45, 2.75) is 71.0 Å². The molecule has 0 aliphatic carbocycles. The molecule has 0 unspecified atom stereocenters. The van der Waals surface area contributed by atoms with Gasteiger partial charge in [-0.3, -0.25) is 14.5 Å². The normalized spacial score (nSPS) is 18.2. The molecule has 2 amide bonds. The van der Waals surface area contributed by atoms with Crippen molar-refractivity contribution >= 4 is 17.5 Å². The summed E-state index contributed by atoms with van der Waals surface area (Å²) in [7, 11) is 4.86. The molecule has 304 valence electrons. The largest absolute Gasteiger partial charge is 0.490 e. The Kier molecular flexibility index (Phi) is 15.6. The smallest absolute Gasteiger partial charge is 0.294 e. The van der Waals surface area contributed by atoms with E-state index < -0.39 is 16.4 Å². The molecule has 3 aromatic carbocycles. The highest BCUT2D eigenvalue weighted by Crippen LogP contribution is 2.37. The van der Waals surface area contributed by atoms with Gasteiger partial charge < -0.3 is 38.7 Å². The maximum Gasteiger partial charge on any atom is 0.294 e. The van der Waals surface area contributed by atoms with Crippen LogP contribution in [0.4, 0.5) is 5.69 Å². The van der Waals surface area contributed by atoms with Gasteiger partial charge in [0, 0.05) is 63.9 Å². The predicted molar refractivity (Wildman–Crippen MR) is 210 cm³/mol.